The number of carbonyl (C=O) groups excluding carboxylic acids is 2. The zero-order valence-electron chi connectivity index (χ0n) is 9.22. The molecule has 1 N–H and O–H groups in total. The van der Waals surface area contributed by atoms with Gasteiger partial charge in [0.2, 0.25) is 5.78 Å². The van der Waals surface area contributed by atoms with E-state index in [1.165, 1.54) is 12.3 Å². The van der Waals surface area contributed by atoms with Crippen molar-refractivity contribution in [2.75, 3.05) is 6.61 Å². The number of rotatable bonds is 2. The van der Waals surface area contributed by atoms with Crippen LogP contribution in [0.1, 0.15) is 23.0 Å². The molecule has 0 saturated heterocycles. The molecule has 0 aromatic carbocycles. The van der Waals surface area contributed by atoms with Crippen molar-refractivity contribution in [1.82, 2.24) is 4.98 Å². The van der Waals surface area contributed by atoms with Crippen molar-refractivity contribution in [2.45, 2.75) is 10.7 Å². The number of aromatic nitrogens is 1. The highest BCUT2D eigenvalue weighted by Gasteiger charge is 2.32. The summed E-state index contributed by atoms with van der Waals surface area (Å²) in [5, 5.41) is 0. The van der Waals surface area contributed by atoms with Crippen LogP contribution in [0.4, 0.5) is 0 Å². The van der Waals surface area contributed by atoms with E-state index in [4.69, 9.17) is 34.8 Å². The summed E-state index contributed by atoms with van der Waals surface area (Å²) in [6.45, 7) is 1.92. The summed E-state index contributed by atoms with van der Waals surface area (Å²) >= 11 is 16.3. The molecule has 1 rings (SSSR count). The second-order valence-electron chi connectivity index (χ2n) is 3.10. The molecule has 0 radical (unpaired) electrons. The Morgan fingerprint density at radius 1 is 1.44 bits per heavy atom. The Kier molecular flexibility index (Phi) is 5.09. The molecule has 18 heavy (non-hydrogen) atoms. The number of ketones is 1. The van der Waals surface area contributed by atoms with Gasteiger partial charge in [0.05, 0.1) is 12.3 Å². The minimum atomic E-state index is -2.03. The first-order chi connectivity index (χ1) is 8.34. The minimum Gasteiger partial charge on any atom is -0.456 e. The zero-order valence-corrected chi connectivity index (χ0v) is 11.5. The smallest absolute Gasteiger partial charge is 0.384 e. The Labute approximate surface area is 119 Å². The molecule has 0 fully saturated rings. The van der Waals surface area contributed by atoms with Crippen LogP contribution in [0.2, 0.25) is 0 Å². The van der Waals surface area contributed by atoms with Gasteiger partial charge in [-0.3, -0.25) is 4.79 Å². The standard InChI is InChI=1S/C11H8Cl3NO3/c1-2-18-9(16)4-3-7-5-8(15-6-7)10(17)11(12,13)14/h5-6,15H,2H2,1H3. The largest absolute Gasteiger partial charge is 0.456 e. The predicted molar refractivity (Wildman–Crippen MR) is 68.9 cm³/mol. The molecule has 96 valence electrons. The summed E-state index contributed by atoms with van der Waals surface area (Å²) < 4.78 is 2.59. The molecule has 1 aromatic heterocycles. The van der Waals surface area contributed by atoms with E-state index in [0.29, 0.717) is 5.56 Å². The van der Waals surface area contributed by atoms with E-state index in [9.17, 15) is 9.59 Å². The van der Waals surface area contributed by atoms with Gasteiger partial charge >= 0.3 is 5.97 Å². The summed E-state index contributed by atoms with van der Waals surface area (Å²) in [4.78, 5) is 25.1. The Bertz CT molecular complexity index is 520. The number of aromatic amines is 1. The number of alkyl halides is 3. The lowest BCUT2D eigenvalue weighted by Crippen LogP contribution is -2.19. The molecule has 7 heteroatoms. The highest BCUT2D eigenvalue weighted by atomic mass is 35.6. The summed E-state index contributed by atoms with van der Waals surface area (Å²) in [6.07, 6.45) is 1.43. The van der Waals surface area contributed by atoms with Gasteiger partial charge in [-0.05, 0) is 13.0 Å². The maximum absolute atomic E-state index is 11.6. The number of ether oxygens (including phenoxy) is 1. The highest BCUT2D eigenvalue weighted by Crippen LogP contribution is 2.30. The third-order valence-corrected chi connectivity index (χ3v) is 2.28. The molecule has 0 aliphatic carbocycles. The quantitative estimate of drug-likeness (QED) is 0.395. The van der Waals surface area contributed by atoms with Crippen LogP contribution in [-0.2, 0) is 9.53 Å². The van der Waals surface area contributed by atoms with E-state index in [1.807, 2.05) is 0 Å². The van der Waals surface area contributed by atoms with Crippen LogP contribution < -0.4 is 0 Å². The Hall–Kier alpha value is -1.15. The topological polar surface area (TPSA) is 59.2 Å². The van der Waals surface area contributed by atoms with Gasteiger partial charge in [-0.1, -0.05) is 40.7 Å². The van der Waals surface area contributed by atoms with Crippen LogP contribution in [0.25, 0.3) is 0 Å². The normalized spacial score (nSPS) is 10.4. The molecule has 1 aromatic rings. The van der Waals surface area contributed by atoms with Crippen molar-refractivity contribution in [1.29, 1.82) is 0 Å². The number of esters is 1. The number of Topliss-reactive ketones (excluding diaryl/α,β-unsaturated/α-hetero) is 1. The summed E-state index contributed by atoms with van der Waals surface area (Å²) in [5.41, 5.74) is 0.517. The fraction of sp³-hybridized carbons (Fsp3) is 0.273. The van der Waals surface area contributed by atoms with Crippen molar-refractivity contribution in [2.24, 2.45) is 0 Å². The molecule has 0 bridgehead atoms. The van der Waals surface area contributed by atoms with Gasteiger partial charge in [0.1, 0.15) is 0 Å². The first kappa shape index (κ1) is 14.9. The molecule has 0 amide bonds. The Morgan fingerprint density at radius 3 is 2.67 bits per heavy atom. The SMILES string of the molecule is CCOC(=O)C#Cc1c[nH]c(C(=O)C(Cl)(Cl)Cl)c1. The number of H-pyrrole nitrogens is 1. The van der Waals surface area contributed by atoms with Crippen LogP contribution in [-0.4, -0.2) is 27.1 Å². The van der Waals surface area contributed by atoms with Gasteiger partial charge in [-0.2, -0.15) is 0 Å². The van der Waals surface area contributed by atoms with Gasteiger partial charge < -0.3 is 9.72 Å². The lowest BCUT2D eigenvalue weighted by atomic mass is 10.2. The molecular weight excluding hydrogens is 300 g/mol. The monoisotopic (exact) mass is 307 g/mol. The number of hydrogen-bond acceptors (Lipinski definition) is 3. The van der Waals surface area contributed by atoms with Crippen molar-refractivity contribution >= 4 is 46.6 Å². The molecule has 1 heterocycles. The van der Waals surface area contributed by atoms with E-state index in [2.05, 4.69) is 21.6 Å². The van der Waals surface area contributed by atoms with E-state index >= 15 is 0 Å². The van der Waals surface area contributed by atoms with Gasteiger partial charge in [0.25, 0.3) is 3.79 Å². The second-order valence-corrected chi connectivity index (χ2v) is 5.38. The van der Waals surface area contributed by atoms with Crippen LogP contribution in [0, 0.1) is 11.8 Å². The fourth-order valence-corrected chi connectivity index (χ4v) is 1.35. The maximum atomic E-state index is 11.6. The molecule has 0 aliphatic rings. The Morgan fingerprint density at radius 2 is 2.11 bits per heavy atom. The number of halogens is 3. The minimum absolute atomic E-state index is 0.100. The van der Waals surface area contributed by atoms with Crippen molar-refractivity contribution in [3.05, 3.63) is 23.5 Å². The zero-order chi connectivity index (χ0) is 13.8. The van der Waals surface area contributed by atoms with Crippen LogP contribution in [0.5, 0.6) is 0 Å². The average Bonchev–Trinajstić information content (AvgIpc) is 2.73. The number of hydrogen-bond donors (Lipinski definition) is 1. The van der Waals surface area contributed by atoms with E-state index in [1.54, 1.807) is 6.92 Å². The van der Waals surface area contributed by atoms with E-state index < -0.39 is 15.5 Å². The van der Waals surface area contributed by atoms with Gasteiger partial charge in [0.15, 0.2) is 0 Å². The van der Waals surface area contributed by atoms with E-state index in [-0.39, 0.29) is 12.3 Å². The summed E-state index contributed by atoms with van der Waals surface area (Å²) in [5.74, 6) is 3.43. The van der Waals surface area contributed by atoms with Crippen LogP contribution >= 0.6 is 34.8 Å². The maximum Gasteiger partial charge on any atom is 0.384 e. The third kappa shape index (κ3) is 4.26. The van der Waals surface area contributed by atoms with Gasteiger partial charge in [-0.25, -0.2) is 4.79 Å². The molecule has 0 saturated carbocycles. The van der Waals surface area contributed by atoms with Gasteiger partial charge in [0, 0.05) is 17.7 Å². The fourth-order valence-electron chi connectivity index (χ4n) is 1.04. The molecule has 4 nitrogen and oxygen atoms in total. The summed E-state index contributed by atoms with van der Waals surface area (Å²) in [6, 6.07) is 1.39. The average molecular weight is 309 g/mol. The number of nitrogens with one attached hydrogen (secondary N) is 1. The van der Waals surface area contributed by atoms with Crippen molar-refractivity contribution in [3.63, 3.8) is 0 Å². The molecule has 0 spiro atoms. The molecule has 0 atom stereocenters. The van der Waals surface area contributed by atoms with Crippen LogP contribution in [0.15, 0.2) is 12.3 Å². The predicted octanol–water partition coefficient (Wildman–Crippen LogP) is 2.48. The lowest BCUT2D eigenvalue weighted by molar-refractivity contribution is -0.136. The first-order valence-corrected chi connectivity index (χ1v) is 5.96. The Balaban J connectivity index is 2.82. The van der Waals surface area contributed by atoms with E-state index in [0.717, 1.165) is 0 Å². The van der Waals surface area contributed by atoms with Gasteiger partial charge in [-0.15, -0.1) is 0 Å². The number of carbonyl (C=O) groups is 2. The molecular formula is C11H8Cl3NO3. The molecule has 0 unspecified atom stereocenters. The summed E-state index contributed by atoms with van der Waals surface area (Å²) in [7, 11) is 0. The second kappa shape index (κ2) is 6.14. The third-order valence-electron chi connectivity index (χ3n) is 1.77. The lowest BCUT2D eigenvalue weighted by Gasteiger charge is -2.06. The van der Waals surface area contributed by atoms with Crippen LogP contribution in [0.3, 0.4) is 0 Å². The first-order valence-electron chi connectivity index (χ1n) is 4.83. The van der Waals surface area contributed by atoms with Crippen molar-refractivity contribution in [3.8, 4) is 11.8 Å². The molecule has 0 aliphatic heterocycles. The highest BCUT2D eigenvalue weighted by molar-refractivity contribution is 6.77. The van der Waals surface area contributed by atoms with Crippen molar-refractivity contribution < 1.29 is 14.3 Å².